The molecule has 0 fully saturated rings. The standard InChI is InChI=1S/C14H8F3N3S2/c15-10-3-4-11(21-10)22-20-9-2-1-8(14(16)17)12-7(5-18)6-19-13(9)12/h1-4,6,14,19-20H. The number of anilines is 1. The number of hydrogen-bond acceptors (Lipinski definition) is 4. The lowest BCUT2D eigenvalue weighted by molar-refractivity contribution is 0.153. The molecule has 2 aromatic heterocycles. The quantitative estimate of drug-likeness (QED) is 0.634. The Morgan fingerprint density at radius 3 is 2.73 bits per heavy atom. The van der Waals surface area contributed by atoms with Crippen LogP contribution in [0.5, 0.6) is 0 Å². The first kappa shape index (κ1) is 14.8. The molecule has 0 amide bonds. The zero-order chi connectivity index (χ0) is 15.7. The fourth-order valence-electron chi connectivity index (χ4n) is 2.09. The maximum absolute atomic E-state index is 13.1. The Morgan fingerprint density at radius 1 is 1.27 bits per heavy atom. The van der Waals surface area contributed by atoms with Crippen molar-refractivity contribution in [3.05, 3.63) is 46.7 Å². The summed E-state index contributed by atoms with van der Waals surface area (Å²) < 4.78 is 42.8. The molecule has 1 aromatic carbocycles. The predicted molar refractivity (Wildman–Crippen MR) is 81.7 cm³/mol. The van der Waals surface area contributed by atoms with E-state index in [0.29, 0.717) is 15.4 Å². The minimum Gasteiger partial charge on any atom is -0.358 e. The molecule has 112 valence electrons. The highest BCUT2D eigenvalue weighted by atomic mass is 32.2. The number of nitriles is 1. The third-order valence-corrected chi connectivity index (χ3v) is 4.86. The minimum absolute atomic E-state index is 0.168. The molecule has 2 heterocycles. The van der Waals surface area contributed by atoms with E-state index in [1.807, 2.05) is 6.07 Å². The first-order valence-corrected chi connectivity index (χ1v) is 7.74. The number of H-pyrrole nitrogens is 1. The number of hydrogen-bond donors (Lipinski definition) is 2. The molecule has 0 aliphatic carbocycles. The smallest absolute Gasteiger partial charge is 0.264 e. The summed E-state index contributed by atoms with van der Waals surface area (Å²) in [5, 5.41) is 8.96. The van der Waals surface area contributed by atoms with Crippen molar-refractivity contribution >= 4 is 39.9 Å². The molecular weight excluding hydrogens is 331 g/mol. The van der Waals surface area contributed by atoms with Gasteiger partial charge in [-0.2, -0.15) is 9.65 Å². The summed E-state index contributed by atoms with van der Waals surface area (Å²) in [6, 6.07) is 7.68. The van der Waals surface area contributed by atoms with Crippen LogP contribution in [-0.2, 0) is 0 Å². The van der Waals surface area contributed by atoms with Crippen molar-refractivity contribution in [2.45, 2.75) is 10.6 Å². The summed E-state index contributed by atoms with van der Waals surface area (Å²) in [7, 11) is 0. The van der Waals surface area contributed by atoms with Gasteiger partial charge in [-0.1, -0.05) is 17.4 Å². The summed E-state index contributed by atoms with van der Waals surface area (Å²) in [5.74, 6) is 0. The van der Waals surface area contributed by atoms with Crippen molar-refractivity contribution in [1.82, 2.24) is 4.98 Å². The summed E-state index contributed by atoms with van der Waals surface area (Å²) in [5.41, 5.74) is 0.963. The zero-order valence-electron chi connectivity index (χ0n) is 10.9. The fraction of sp³-hybridized carbons (Fsp3) is 0.0714. The van der Waals surface area contributed by atoms with E-state index >= 15 is 0 Å². The molecule has 8 heteroatoms. The summed E-state index contributed by atoms with van der Waals surface area (Å²) in [6.07, 6.45) is -1.27. The largest absolute Gasteiger partial charge is 0.358 e. The van der Waals surface area contributed by atoms with Crippen LogP contribution in [0.2, 0.25) is 0 Å². The molecular formula is C14H8F3N3S2. The van der Waals surface area contributed by atoms with Gasteiger partial charge in [-0.15, -0.1) is 0 Å². The molecule has 0 aliphatic rings. The number of alkyl halides is 2. The molecule has 0 saturated carbocycles. The van der Waals surface area contributed by atoms with Crippen LogP contribution in [-0.4, -0.2) is 4.98 Å². The Bertz CT molecular complexity index is 864. The molecule has 22 heavy (non-hydrogen) atoms. The summed E-state index contributed by atoms with van der Waals surface area (Å²) >= 11 is 2.16. The molecule has 0 spiro atoms. The number of nitrogens with one attached hydrogen (secondary N) is 2. The number of benzene rings is 1. The second kappa shape index (κ2) is 5.94. The third kappa shape index (κ3) is 2.65. The van der Waals surface area contributed by atoms with E-state index in [1.54, 1.807) is 6.07 Å². The van der Waals surface area contributed by atoms with Crippen molar-refractivity contribution in [1.29, 1.82) is 5.26 Å². The van der Waals surface area contributed by atoms with Gasteiger partial charge in [-0.05, 0) is 30.1 Å². The first-order valence-electron chi connectivity index (χ1n) is 6.10. The highest BCUT2D eigenvalue weighted by molar-refractivity contribution is 8.02. The van der Waals surface area contributed by atoms with E-state index in [9.17, 15) is 13.2 Å². The SMILES string of the molecule is N#Cc1c[nH]c2c(NSc3ccc(F)s3)ccc(C(F)F)c12. The zero-order valence-corrected chi connectivity index (χ0v) is 12.5. The van der Waals surface area contributed by atoms with Crippen molar-refractivity contribution in [2.24, 2.45) is 0 Å². The second-order valence-electron chi connectivity index (χ2n) is 4.33. The topological polar surface area (TPSA) is 51.6 Å². The monoisotopic (exact) mass is 339 g/mol. The molecule has 0 atom stereocenters. The molecule has 3 nitrogen and oxygen atoms in total. The van der Waals surface area contributed by atoms with Crippen LogP contribution < -0.4 is 4.72 Å². The van der Waals surface area contributed by atoms with Gasteiger partial charge in [0.15, 0.2) is 5.13 Å². The molecule has 0 unspecified atom stereocenters. The van der Waals surface area contributed by atoms with E-state index in [0.717, 1.165) is 11.3 Å². The predicted octanol–water partition coefficient (Wildman–Crippen LogP) is 5.30. The van der Waals surface area contributed by atoms with Crippen molar-refractivity contribution in [3.63, 3.8) is 0 Å². The van der Waals surface area contributed by atoms with Crippen molar-refractivity contribution < 1.29 is 13.2 Å². The van der Waals surface area contributed by atoms with Crippen LogP contribution >= 0.6 is 23.3 Å². The van der Waals surface area contributed by atoms with Gasteiger partial charge >= 0.3 is 0 Å². The lowest BCUT2D eigenvalue weighted by Crippen LogP contribution is -1.92. The molecule has 0 bridgehead atoms. The van der Waals surface area contributed by atoms with E-state index in [2.05, 4.69) is 9.71 Å². The number of nitrogens with zero attached hydrogens (tertiary/aromatic N) is 1. The molecule has 0 radical (unpaired) electrons. The number of aromatic nitrogens is 1. The van der Waals surface area contributed by atoms with E-state index in [-0.39, 0.29) is 21.6 Å². The summed E-state index contributed by atoms with van der Waals surface area (Å²) in [4.78, 5) is 2.84. The number of halogens is 3. The number of rotatable bonds is 4. The molecule has 3 rings (SSSR count). The number of thiophene rings is 1. The van der Waals surface area contributed by atoms with Gasteiger partial charge in [0.1, 0.15) is 6.07 Å². The minimum atomic E-state index is -2.67. The van der Waals surface area contributed by atoms with Crippen LogP contribution in [0, 0.1) is 16.5 Å². The van der Waals surface area contributed by atoms with Crippen molar-refractivity contribution in [3.8, 4) is 6.07 Å². The Balaban J connectivity index is 1.99. The van der Waals surface area contributed by atoms with Gasteiger partial charge in [-0.3, -0.25) is 0 Å². The molecule has 3 aromatic rings. The maximum Gasteiger partial charge on any atom is 0.264 e. The van der Waals surface area contributed by atoms with Crippen LogP contribution in [0.1, 0.15) is 17.6 Å². The summed E-state index contributed by atoms with van der Waals surface area (Å²) in [6.45, 7) is 0. The van der Waals surface area contributed by atoms with Gasteiger partial charge in [0.05, 0.1) is 21.0 Å². The highest BCUT2D eigenvalue weighted by Gasteiger charge is 2.18. The third-order valence-electron chi connectivity index (χ3n) is 3.03. The Hall–Kier alpha value is -2.11. The lowest BCUT2D eigenvalue weighted by Gasteiger charge is -2.09. The normalized spacial score (nSPS) is 11.0. The van der Waals surface area contributed by atoms with Crippen LogP contribution in [0.4, 0.5) is 18.9 Å². The van der Waals surface area contributed by atoms with Gasteiger partial charge in [-0.25, -0.2) is 8.78 Å². The molecule has 0 aliphatic heterocycles. The number of aromatic amines is 1. The number of fused-ring (bicyclic) bond motifs is 1. The van der Waals surface area contributed by atoms with Gasteiger partial charge in [0, 0.05) is 17.1 Å². The van der Waals surface area contributed by atoms with Gasteiger partial charge in [0.2, 0.25) is 0 Å². The molecule has 2 N–H and O–H groups in total. The first-order chi connectivity index (χ1) is 10.6. The van der Waals surface area contributed by atoms with E-state index < -0.39 is 6.43 Å². The van der Waals surface area contributed by atoms with Crippen molar-refractivity contribution in [2.75, 3.05) is 4.72 Å². The van der Waals surface area contributed by atoms with E-state index in [1.165, 1.54) is 36.3 Å². The Kier molecular flexibility index (Phi) is 4.00. The lowest BCUT2D eigenvalue weighted by atomic mass is 10.1. The van der Waals surface area contributed by atoms with Crippen LogP contribution in [0.25, 0.3) is 10.9 Å². The van der Waals surface area contributed by atoms with Gasteiger partial charge < -0.3 is 9.71 Å². The highest BCUT2D eigenvalue weighted by Crippen LogP contribution is 2.36. The second-order valence-corrected chi connectivity index (χ2v) is 6.47. The Morgan fingerprint density at radius 2 is 2.09 bits per heavy atom. The van der Waals surface area contributed by atoms with Crippen LogP contribution in [0.15, 0.2) is 34.7 Å². The molecule has 0 saturated heterocycles. The average Bonchev–Trinajstić information content (AvgIpc) is 3.10. The maximum atomic E-state index is 13.1. The average molecular weight is 339 g/mol. The van der Waals surface area contributed by atoms with E-state index in [4.69, 9.17) is 5.26 Å². The van der Waals surface area contributed by atoms with Crippen LogP contribution in [0.3, 0.4) is 0 Å². The Labute approximate surface area is 131 Å². The van der Waals surface area contributed by atoms with Gasteiger partial charge in [0.25, 0.3) is 6.43 Å². The fourth-order valence-corrected chi connectivity index (χ4v) is 3.60.